The molecule has 0 N–H and O–H groups in total. The summed E-state index contributed by atoms with van der Waals surface area (Å²) in [6, 6.07) is 5.61. The average Bonchev–Trinajstić information content (AvgIpc) is 2.58. The number of alkyl halides is 1. The van der Waals surface area contributed by atoms with E-state index in [0.717, 1.165) is 21.9 Å². The molecule has 0 aliphatic carbocycles. The Kier molecular flexibility index (Phi) is 2.77. The maximum Gasteiger partial charge on any atom is 0.160 e. The van der Waals surface area contributed by atoms with E-state index in [2.05, 4.69) is 0 Å². The number of fused-ring (bicyclic) bond motifs is 1. The Hall–Kier alpha value is -0.570. The summed E-state index contributed by atoms with van der Waals surface area (Å²) in [6.07, 6.45) is 0.846. The summed E-state index contributed by atoms with van der Waals surface area (Å²) in [7, 11) is 0. The highest BCUT2D eigenvalue weighted by Gasteiger charge is 2.05. The van der Waals surface area contributed by atoms with Crippen molar-refractivity contribution in [3.8, 4) is 0 Å². The highest BCUT2D eigenvalue weighted by molar-refractivity contribution is 7.20. The first-order chi connectivity index (χ1) is 6.74. The summed E-state index contributed by atoms with van der Waals surface area (Å²) < 4.78 is 1.05. The van der Waals surface area contributed by atoms with E-state index in [-0.39, 0.29) is 0 Å². The number of carbonyl (C=O) groups is 1. The van der Waals surface area contributed by atoms with Crippen molar-refractivity contribution in [3.05, 3.63) is 33.7 Å². The van der Waals surface area contributed by atoms with E-state index < -0.39 is 0 Å². The highest BCUT2D eigenvalue weighted by Crippen LogP contribution is 2.30. The molecule has 0 saturated carbocycles. The van der Waals surface area contributed by atoms with Crippen LogP contribution in [0.15, 0.2) is 18.2 Å². The fraction of sp³-hybridized carbons (Fsp3) is 0.100. The SMILES string of the molecule is O=Cc1cc2cc(Cl)c(CCl)cc2s1. The van der Waals surface area contributed by atoms with Crippen LogP contribution in [-0.4, -0.2) is 6.29 Å². The lowest BCUT2D eigenvalue weighted by atomic mass is 10.2. The Morgan fingerprint density at radius 1 is 1.36 bits per heavy atom. The lowest BCUT2D eigenvalue weighted by molar-refractivity contribution is 0.112. The smallest absolute Gasteiger partial charge is 0.160 e. The van der Waals surface area contributed by atoms with E-state index in [1.807, 2.05) is 18.2 Å². The molecule has 1 heterocycles. The van der Waals surface area contributed by atoms with Gasteiger partial charge in [-0.2, -0.15) is 0 Å². The fourth-order valence-corrected chi connectivity index (χ4v) is 2.74. The van der Waals surface area contributed by atoms with E-state index in [1.54, 1.807) is 0 Å². The number of hydrogen-bond donors (Lipinski definition) is 0. The molecule has 0 bridgehead atoms. The molecule has 1 aromatic heterocycles. The van der Waals surface area contributed by atoms with E-state index in [1.165, 1.54) is 11.3 Å². The van der Waals surface area contributed by atoms with Gasteiger partial charge in [-0.3, -0.25) is 4.79 Å². The topological polar surface area (TPSA) is 17.1 Å². The molecule has 0 fully saturated rings. The minimum absolute atomic E-state index is 0.392. The standard InChI is InChI=1S/C10H6Cl2OS/c11-4-7-3-10-6(2-9(7)12)1-8(5-13)14-10/h1-3,5H,4H2. The van der Waals surface area contributed by atoms with Crippen molar-refractivity contribution in [1.29, 1.82) is 0 Å². The van der Waals surface area contributed by atoms with Crippen LogP contribution in [-0.2, 0) is 5.88 Å². The van der Waals surface area contributed by atoms with Crippen molar-refractivity contribution >= 4 is 50.9 Å². The number of hydrogen-bond acceptors (Lipinski definition) is 2. The molecule has 0 spiro atoms. The number of halogens is 2. The van der Waals surface area contributed by atoms with Gasteiger partial charge in [0.05, 0.1) is 4.88 Å². The molecular weight excluding hydrogens is 239 g/mol. The van der Waals surface area contributed by atoms with Crippen molar-refractivity contribution < 1.29 is 4.79 Å². The van der Waals surface area contributed by atoms with Gasteiger partial charge < -0.3 is 0 Å². The van der Waals surface area contributed by atoms with Crippen LogP contribution in [0.1, 0.15) is 15.2 Å². The molecule has 0 radical (unpaired) electrons. The second-order valence-electron chi connectivity index (χ2n) is 2.88. The number of thiophene rings is 1. The molecule has 72 valence electrons. The molecule has 4 heteroatoms. The van der Waals surface area contributed by atoms with Gasteiger partial charge >= 0.3 is 0 Å². The van der Waals surface area contributed by atoms with Crippen LogP contribution in [0.4, 0.5) is 0 Å². The van der Waals surface area contributed by atoms with E-state index in [0.29, 0.717) is 15.8 Å². The Balaban J connectivity index is 2.69. The third-order valence-corrected chi connectivity index (χ3v) is 3.63. The molecule has 0 unspecified atom stereocenters. The van der Waals surface area contributed by atoms with Crippen molar-refractivity contribution in [1.82, 2.24) is 0 Å². The number of rotatable bonds is 2. The zero-order chi connectivity index (χ0) is 10.1. The van der Waals surface area contributed by atoms with Crippen LogP contribution in [0.25, 0.3) is 10.1 Å². The first-order valence-electron chi connectivity index (χ1n) is 3.97. The molecule has 0 aliphatic rings. The molecule has 0 atom stereocenters. The summed E-state index contributed by atoms with van der Waals surface area (Å²) in [6.45, 7) is 0. The second kappa shape index (κ2) is 3.89. The van der Waals surface area contributed by atoms with Crippen LogP contribution >= 0.6 is 34.5 Å². The minimum Gasteiger partial charge on any atom is -0.297 e. The van der Waals surface area contributed by atoms with Gasteiger partial charge in [-0.25, -0.2) is 0 Å². The Morgan fingerprint density at radius 3 is 2.79 bits per heavy atom. The van der Waals surface area contributed by atoms with E-state index >= 15 is 0 Å². The molecule has 1 aromatic carbocycles. The fourth-order valence-electron chi connectivity index (χ4n) is 1.28. The Morgan fingerprint density at radius 2 is 2.14 bits per heavy atom. The van der Waals surface area contributed by atoms with Gasteiger partial charge in [0.25, 0.3) is 0 Å². The van der Waals surface area contributed by atoms with Crippen LogP contribution in [0, 0.1) is 0 Å². The monoisotopic (exact) mass is 244 g/mol. The molecule has 2 aromatic rings. The summed E-state index contributed by atoms with van der Waals surface area (Å²) in [5.41, 5.74) is 0.903. The Bertz CT molecular complexity index is 490. The quantitative estimate of drug-likeness (QED) is 0.574. The zero-order valence-electron chi connectivity index (χ0n) is 7.09. The summed E-state index contributed by atoms with van der Waals surface area (Å²) in [4.78, 5) is 11.3. The van der Waals surface area contributed by atoms with Crippen molar-refractivity contribution in [2.24, 2.45) is 0 Å². The first kappa shape index (κ1) is 9.97. The molecule has 0 aliphatic heterocycles. The van der Waals surface area contributed by atoms with Gasteiger partial charge in [0, 0.05) is 15.6 Å². The van der Waals surface area contributed by atoms with Crippen molar-refractivity contribution in [3.63, 3.8) is 0 Å². The van der Waals surface area contributed by atoms with Crippen LogP contribution in [0.3, 0.4) is 0 Å². The molecular formula is C10H6Cl2OS. The number of carbonyl (C=O) groups excluding carboxylic acids is 1. The highest BCUT2D eigenvalue weighted by atomic mass is 35.5. The molecule has 14 heavy (non-hydrogen) atoms. The van der Waals surface area contributed by atoms with E-state index in [9.17, 15) is 4.79 Å². The normalized spacial score (nSPS) is 10.7. The van der Waals surface area contributed by atoms with Gasteiger partial charge in [-0.05, 0) is 29.1 Å². The maximum absolute atomic E-state index is 10.6. The van der Waals surface area contributed by atoms with Gasteiger partial charge in [0.15, 0.2) is 6.29 Å². The summed E-state index contributed by atoms with van der Waals surface area (Å²) >= 11 is 13.2. The van der Waals surface area contributed by atoms with E-state index in [4.69, 9.17) is 23.2 Å². The third-order valence-electron chi connectivity index (χ3n) is 1.96. The van der Waals surface area contributed by atoms with Crippen LogP contribution in [0.5, 0.6) is 0 Å². The van der Waals surface area contributed by atoms with Crippen molar-refractivity contribution in [2.45, 2.75) is 5.88 Å². The molecule has 1 nitrogen and oxygen atoms in total. The largest absolute Gasteiger partial charge is 0.297 e. The van der Waals surface area contributed by atoms with Gasteiger partial charge in [-0.15, -0.1) is 22.9 Å². The number of aldehydes is 1. The average molecular weight is 245 g/mol. The third kappa shape index (κ3) is 1.65. The van der Waals surface area contributed by atoms with Crippen molar-refractivity contribution in [2.75, 3.05) is 0 Å². The Labute approximate surface area is 95.3 Å². The molecule has 0 amide bonds. The minimum atomic E-state index is 0.392. The van der Waals surface area contributed by atoms with Crippen LogP contribution in [0.2, 0.25) is 5.02 Å². The predicted octanol–water partition coefficient (Wildman–Crippen LogP) is 4.11. The summed E-state index contributed by atoms with van der Waals surface area (Å²) in [5.74, 6) is 0.392. The second-order valence-corrected chi connectivity index (χ2v) is 4.67. The zero-order valence-corrected chi connectivity index (χ0v) is 9.42. The predicted molar refractivity (Wildman–Crippen MR) is 61.8 cm³/mol. The lowest BCUT2D eigenvalue weighted by Gasteiger charge is -1.98. The molecule has 0 saturated heterocycles. The van der Waals surface area contributed by atoms with Gasteiger partial charge in [0.1, 0.15) is 0 Å². The summed E-state index contributed by atoms with van der Waals surface area (Å²) in [5, 5.41) is 1.65. The van der Waals surface area contributed by atoms with Gasteiger partial charge in [-0.1, -0.05) is 11.6 Å². The number of benzene rings is 1. The lowest BCUT2D eigenvalue weighted by Crippen LogP contribution is -1.78. The van der Waals surface area contributed by atoms with Crippen LogP contribution < -0.4 is 0 Å². The molecule has 2 rings (SSSR count). The van der Waals surface area contributed by atoms with Gasteiger partial charge in [0.2, 0.25) is 0 Å². The maximum atomic E-state index is 10.6. The first-order valence-corrected chi connectivity index (χ1v) is 5.70.